The summed E-state index contributed by atoms with van der Waals surface area (Å²) in [6.45, 7) is 1.20. The molecule has 112 valence electrons. The first kappa shape index (κ1) is 14.8. The van der Waals surface area contributed by atoms with Gasteiger partial charge in [0.1, 0.15) is 12.1 Å². The van der Waals surface area contributed by atoms with Crippen molar-refractivity contribution in [3.63, 3.8) is 0 Å². The number of methoxy groups -OCH3 is 1. The van der Waals surface area contributed by atoms with Gasteiger partial charge in [-0.25, -0.2) is 4.98 Å². The van der Waals surface area contributed by atoms with Crippen molar-refractivity contribution in [3.8, 4) is 5.75 Å². The molecular weight excluding hydrogens is 272 g/mol. The Kier molecular flexibility index (Phi) is 4.72. The zero-order valence-corrected chi connectivity index (χ0v) is 11.9. The van der Waals surface area contributed by atoms with Crippen molar-refractivity contribution in [2.45, 2.75) is 13.1 Å². The Balaban J connectivity index is 2.00. The molecule has 0 saturated carbocycles. The average molecular weight is 290 g/mol. The molecule has 4 N–H and O–H groups in total. The van der Waals surface area contributed by atoms with Gasteiger partial charge in [-0.3, -0.25) is 4.68 Å². The van der Waals surface area contributed by atoms with Crippen molar-refractivity contribution < 1.29 is 9.94 Å². The maximum absolute atomic E-state index is 8.73. The molecule has 0 atom stereocenters. The predicted octanol–water partition coefficient (Wildman–Crippen LogP) is 0.208. The monoisotopic (exact) mass is 290 g/mol. The molecule has 0 aliphatic carbocycles. The molecule has 0 fully saturated rings. The molecule has 2 rings (SSSR count). The third-order valence-corrected chi connectivity index (χ3v) is 2.91. The standard InChI is InChI=1S/C13H18N6O2/c1-19-8-16-12(17-19)7-15-6-9-3-4-10(13(14)18-20)11(5-9)21-2/h3-5,8,15,20H,6-7H2,1-2H3,(H2,14,18). The van der Waals surface area contributed by atoms with E-state index in [2.05, 4.69) is 20.6 Å². The number of nitrogens with zero attached hydrogens (tertiary/aromatic N) is 4. The van der Waals surface area contributed by atoms with E-state index < -0.39 is 0 Å². The molecule has 0 bridgehead atoms. The summed E-state index contributed by atoms with van der Waals surface area (Å²) in [5.74, 6) is 1.31. The zero-order valence-electron chi connectivity index (χ0n) is 11.9. The molecule has 0 aliphatic rings. The van der Waals surface area contributed by atoms with E-state index in [1.807, 2.05) is 19.2 Å². The van der Waals surface area contributed by atoms with Crippen LogP contribution in [0.2, 0.25) is 0 Å². The fourth-order valence-electron chi connectivity index (χ4n) is 1.89. The molecule has 8 heteroatoms. The number of hydrogen-bond acceptors (Lipinski definition) is 6. The summed E-state index contributed by atoms with van der Waals surface area (Å²) in [7, 11) is 3.37. The highest BCUT2D eigenvalue weighted by molar-refractivity contribution is 5.99. The molecule has 0 saturated heterocycles. The van der Waals surface area contributed by atoms with Crippen molar-refractivity contribution >= 4 is 5.84 Å². The predicted molar refractivity (Wildman–Crippen MR) is 77.1 cm³/mol. The lowest BCUT2D eigenvalue weighted by molar-refractivity contribution is 0.318. The van der Waals surface area contributed by atoms with Crippen LogP contribution >= 0.6 is 0 Å². The largest absolute Gasteiger partial charge is 0.496 e. The van der Waals surface area contributed by atoms with Crippen LogP contribution < -0.4 is 15.8 Å². The van der Waals surface area contributed by atoms with Crippen LogP contribution in [0.15, 0.2) is 29.7 Å². The second-order valence-electron chi connectivity index (χ2n) is 4.46. The molecule has 0 aliphatic heterocycles. The topological polar surface area (TPSA) is 111 Å². The Morgan fingerprint density at radius 1 is 1.48 bits per heavy atom. The van der Waals surface area contributed by atoms with E-state index in [-0.39, 0.29) is 5.84 Å². The maximum atomic E-state index is 8.73. The zero-order chi connectivity index (χ0) is 15.2. The molecule has 1 heterocycles. The van der Waals surface area contributed by atoms with Crippen LogP contribution in [0.1, 0.15) is 17.0 Å². The molecule has 0 unspecified atom stereocenters. The lowest BCUT2D eigenvalue weighted by atomic mass is 10.1. The number of nitrogens with one attached hydrogen (secondary N) is 1. The van der Waals surface area contributed by atoms with Crippen LogP contribution in [0.4, 0.5) is 0 Å². The van der Waals surface area contributed by atoms with Gasteiger partial charge < -0.3 is 21.0 Å². The number of aryl methyl sites for hydroxylation is 1. The summed E-state index contributed by atoms with van der Waals surface area (Å²) < 4.78 is 6.91. The van der Waals surface area contributed by atoms with Gasteiger partial charge in [0.15, 0.2) is 11.7 Å². The van der Waals surface area contributed by atoms with E-state index >= 15 is 0 Å². The number of aromatic nitrogens is 3. The highest BCUT2D eigenvalue weighted by Gasteiger charge is 2.08. The van der Waals surface area contributed by atoms with Gasteiger partial charge in [-0.1, -0.05) is 11.2 Å². The second kappa shape index (κ2) is 6.71. The van der Waals surface area contributed by atoms with Crippen LogP contribution in [-0.2, 0) is 20.1 Å². The van der Waals surface area contributed by atoms with Crippen LogP contribution in [0.5, 0.6) is 5.75 Å². The van der Waals surface area contributed by atoms with Gasteiger partial charge >= 0.3 is 0 Å². The van der Waals surface area contributed by atoms with Crippen LogP contribution in [0.3, 0.4) is 0 Å². The number of hydrogen-bond donors (Lipinski definition) is 3. The van der Waals surface area contributed by atoms with E-state index in [1.165, 1.54) is 0 Å². The van der Waals surface area contributed by atoms with E-state index in [0.717, 1.165) is 11.4 Å². The number of rotatable bonds is 6. The van der Waals surface area contributed by atoms with Crippen molar-refractivity contribution in [1.29, 1.82) is 0 Å². The van der Waals surface area contributed by atoms with E-state index in [1.54, 1.807) is 24.2 Å². The number of oxime groups is 1. The summed E-state index contributed by atoms with van der Waals surface area (Å²) in [6.07, 6.45) is 1.66. The Morgan fingerprint density at radius 3 is 2.90 bits per heavy atom. The highest BCUT2D eigenvalue weighted by Crippen LogP contribution is 2.20. The van der Waals surface area contributed by atoms with Gasteiger partial charge in [0.2, 0.25) is 0 Å². The third kappa shape index (κ3) is 3.69. The lowest BCUT2D eigenvalue weighted by Crippen LogP contribution is -2.16. The van der Waals surface area contributed by atoms with Crippen molar-refractivity contribution in [1.82, 2.24) is 20.1 Å². The Bertz CT molecular complexity index is 637. The van der Waals surface area contributed by atoms with Crippen molar-refractivity contribution in [2.75, 3.05) is 7.11 Å². The smallest absolute Gasteiger partial charge is 0.173 e. The molecule has 21 heavy (non-hydrogen) atoms. The summed E-state index contributed by atoms with van der Waals surface area (Å²) in [6, 6.07) is 5.48. The first-order chi connectivity index (χ1) is 10.1. The SMILES string of the molecule is COc1cc(CNCc2ncn(C)n2)ccc1/C(N)=N/O. The molecule has 2 aromatic rings. The van der Waals surface area contributed by atoms with Crippen LogP contribution in [0.25, 0.3) is 0 Å². The number of ether oxygens (including phenoxy) is 1. The molecule has 8 nitrogen and oxygen atoms in total. The first-order valence-electron chi connectivity index (χ1n) is 6.34. The van der Waals surface area contributed by atoms with Gasteiger partial charge in [-0.05, 0) is 17.7 Å². The highest BCUT2D eigenvalue weighted by atomic mass is 16.5. The quantitative estimate of drug-likeness (QED) is 0.303. The van der Waals surface area contributed by atoms with E-state index in [0.29, 0.717) is 24.4 Å². The summed E-state index contributed by atoms with van der Waals surface area (Å²) in [4.78, 5) is 4.13. The number of amidine groups is 1. The molecule has 0 radical (unpaired) electrons. The summed E-state index contributed by atoms with van der Waals surface area (Å²) in [5, 5.41) is 19.1. The normalized spacial score (nSPS) is 11.6. The Labute approximate surface area is 122 Å². The van der Waals surface area contributed by atoms with Crippen LogP contribution in [0, 0.1) is 0 Å². The van der Waals surface area contributed by atoms with Gasteiger partial charge in [-0.2, -0.15) is 5.10 Å². The van der Waals surface area contributed by atoms with Gasteiger partial charge in [0.25, 0.3) is 0 Å². The van der Waals surface area contributed by atoms with Gasteiger partial charge in [-0.15, -0.1) is 0 Å². The molecule has 0 spiro atoms. The van der Waals surface area contributed by atoms with Crippen molar-refractivity contribution in [3.05, 3.63) is 41.5 Å². The van der Waals surface area contributed by atoms with E-state index in [9.17, 15) is 0 Å². The maximum Gasteiger partial charge on any atom is 0.173 e. The molecule has 0 amide bonds. The van der Waals surface area contributed by atoms with Crippen molar-refractivity contribution in [2.24, 2.45) is 17.9 Å². The Hall–Kier alpha value is -2.61. The molecule has 1 aromatic heterocycles. The van der Waals surface area contributed by atoms with Gasteiger partial charge in [0.05, 0.1) is 19.2 Å². The first-order valence-corrected chi connectivity index (χ1v) is 6.34. The van der Waals surface area contributed by atoms with E-state index in [4.69, 9.17) is 15.7 Å². The van der Waals surface area contributed by atoms with Crippen LogP contribution in [-0.4, -0.2) is 32.9 Å². The second-order valence-corrected chi connectivity index (χ2v) is 4.46. The minimum absolute atomic E-state index is 0.0176. The summed E-state index contributed by atoms with van der Waals surface area (Å²) >= 11 is 0. The summed E-state index contributed by atoms with van der Waals surface area (Å²) in [5.41, 5.74) is 7.15. The third-order valence-electron chi connectivity index (χ3n) is 2.91. The molecular formula is C13H18N6O2. The number of benzene rings is 1. The average Bonchev–Trinajstić information content (AvgIpc) is 2.91. The fraction of sp³-hybridized carbons (Fsp3) is 0.308. The lowest BCUT2D eigenvalue weighted by Gasteiger charge is -2.10. The minimum Gasteiger partial charge on any atom is -0.496 e. The Morgan fingerprint density at radius 2 is 2.29 bits per heavy atom. The fourth-order valence-corrected chi connectivity index (χ4v) is 1.89. The molecule has 1 aromatic carbocycles. The number of nitrogens with two attached hydrogens (primary N) is 1. The van der Waals surface area contributed by atoms with Gasteiger partial charge in [0, 0.05) is 13.6 Å². The minimum atomic E-state index is 0.0176.